The lowest BCUT2D eigenvalue weighted by molar-refractivity contribution is 0.293. The lowest BCUT2D eigenvalue weighted by atomic mass is 10.2. The van der Waals surface area contributed by atoms with E-state index in [1.165, 1.54) is 0 Å². The second kappa shape index (κ2) is 8.55. The highest BCUT2D eigenvalue weighted by Crippen LogP contribution is 2.37. The summed E-state index contributed by atoms with van der Waals surface area (Å²) in [5.74, 6) is 1.36. The highest BCUT2D eigenvalue weighted by molar-refractivity contribution is 9.10. The molecule has 0 saturated heterocycles. The van der Waals surface area contributed by atoms with Gasteiger partial charge in [0.05, 0.1) is 11.1 Å². The molecule has 5 heteroatoms. The monoisotopic (exact) mass is 361 g/mol. The third-order valence-corrected chi connectivity index (χ3v) is 3.15. The van der Waals surface area contributed by atoms with Crippen molar-refractivity contribution in [1.29, 1.82) is 0 Å². The van der Waals surface area contributed by atoms with Crippen LogP contribution in [0.15, 0.2) is 28.2 Å². The summed E-state index contributed by atoms with van der Waals surface area (Å²) >= 11 is 9.26. The molecule has 0 aliphatic carbocycles. The number of hydrogen-bond acceptors (Lipinski definition) is 3. The fourth-order valence-corrected chi connectivity index (χ4v) is 2.26. The minimum atomic E-state index is 0.254. The quantitative estimate of drug-likeness (QED) is 0.740. The molecule has 1 N–H and O–H groups in total. The van der Waals surface area contributed by atoms with Gasteiger partial charge in [-0.15, -0.1) is 0 Å². The van der Waals surface area contributed by atoms with Gasteiger partial charge in [0, 0.05) is 17.6 Å². The number of nitrogens with one attached hydrogen (secondary N) is 1. The molecule has 0 spiro atoms. The highest BCUT2D eigenvalue weighted by atomic mass is 79.9. The molecule has 112 valence electrons. The summed E-state index contributed by atoms with van der Waals surface area (Å²) < 4.78 is 12.1. The minimum Gasteiger partial charge on any atom is -0.490 e. The number of ether oxygens (including phenoxy) is 2. The van der Waals surface area contributed by atoms with Crippen molar-refractivity contribution in [3.05, 3.63) is 33.8 Å². The molecule has 0 amide bonds. The number of rotatable bonds is 8. The van der Waals surface area contributed by atoms with Crippen LogP contribution in [0.5, 0.6) is 11.5 Å². The van der Waals surface area contributed by atoms with E-state index < -0.39 is 0 Å². The summed E-state index contributed by atoms with van der Waals surface area (Å²) in [6.45, 7) is 11.4. The standard InChI is InChI=1S/C15H21BrClNO2/c1-5-19-14-7-12(8-18-10(2)3)6-13(16)15(14)20-9-11(4)17/h6-7,10,18H,4-5,8-9H2,1-3H3. The molecule has 0 aliphatic heterocycles. The lowest BCUT2D eigenvalue weighted by Crippen LogP contribution is -2.21. The second-order valence-corrected chi connectivity index (χ2v) is 6.07. The van der Waals surface area contributed by atoms with Crippen LogP contribution in [-0.2, 0) is 6.54 Å². The average molecular weight is 363 g/mol. The van der Waals surface area contributed by atoms with Crippen LogP contribution in [0.3, 0.4) is 0 Å². The maximum absolute atomic E-state index is 5.74. The minimum absolute atomic E-state index is 0.254. The van der Waals surface area contributed by atoms with Crippen LogP contribution in [-0.4, -0.2) is 19.3 Å². The predicted molar refractivity (Wildman–Crippen MR) is 87.8 cm³/mol. The van der Waals surface area contributed by atoms with Gasteiger partial charge in [-0.25, -0.2) is 0 Å². The Hall–Kier alpha value is -0.710. The van der Waals surface area contributed by atoms with Crippen molar-refractivity contribution in [3.63, 3.8) is 0 Å². The van der Waals surface area contributed by atoms with Gasteiger partial charge < -0.3 is 14.8 Å². The highest BCUT2D eigenvalue weighted by Gasteiger charge is 2.12. The fraction of sp³-hybridized carbons (Fsp3) is 0.467. The first-order chi connectivity index (χ1) is 9.43. The van der Waals surface area contributed by atoms with E-state index in [9.17, 15) is 0 Å². The van der Waals surface area contributed by atoms with Gasteiger partial charge in [-0.2, -0.15) is 0 Å². The molecule has 0 unspecified atom stereocenters. The van der Waals surface area contributed by atoms with Crippen molar-refractivity contribution >= 4 is 27.5 Å². The van der Waals surface area contributed by atoms with Crippen molar-refractivity contribution in [3.8, 4) is 11.5 Å². The van der Waals surface area contributed by atoms with E-state index >= 15 is 0 Å². The lowest BCUT2D eigenvalue weighted by Gasteiger charge is -2.16. The first-order valence-electron chi connectivity index (χ1n) is 6.58. The second-order valence-electron chi connectivity index (χ2n) is 4.68. The molecule has 1 aromatic carbocycles. The zero-order chi connectivity index (χ0) is 15.1. The first kappa shape index (κ1) is 17.3. The van der Waals surface area contributed by atoms with E-state index in [1.807, 2.05) is 19.1 Å². The summed E-state index contributed by atoms with van der Waals surface area (Å²) in [5, 5.41) is 3.82. The zero-order valence-electron chi connectivity index (χ0n) is 12.1. The van der Waals surface area contributed by atoms with E-state index in [0.717, 1.165) is 16.6 Å². The van der Waals surface area contributed by atoms with Crippen LogP contribution in [0.1, 0.15) is 26.3 Å². The molecule has 0 atom stereocenters. The van der Waals surface area contributed by atoms with Crippen LogP contribution in [0.2, 0.25) is 0 Å². The van der Waals surface area contributed by atoms with Crippen molar-refractivity contribution in [1.82, 2.24) is 5.32 Å². The normalized spacial score (nSPS) is 10.7. The van der Waals surface area contributed by atoms with E-state index in [2.05, 4.69) is 41.7 Å². The van der Waals surface area contributed by atoms with E-state index in [-0.39, 0.29) is 6.61 Å². The van der Waals surface area contributed by atoms with Crippen LogP contribution in [0.25, 0.3) is 0 Å². The molecule has 0 bridgehead atoms. The third kappa shape index (κ3) is 5.73. The van der Waals surface area contributed by atoms with Crippen molar-refractivity contribution in [2.75, 3.05) is 13.2 Å². The van der Waals surface area contributed by atoms with E-state index in [0.29, 0.717) is 29.2 Å². The molecule has 0 aromatic heterocycles. The topological polar surface area (TPSA) is 30.5 Å². The summed E-state index contributed by atoms with van der Waals surface area (Å²) in [6, 6.07) is 4.43. The molecule has 1 aromatic rings. The summed E-state index contributed by atoms with van der Waals surface area (Å²) in [7, 11) is 0. The summed E-state index contributed by atoms with van der Waals surface area (Å²) in [6.07, 6.45) is 0. The molecular weight excluding hydrogens is 342 g/mol. The van der Waals surface area contributed by atoms with Gasteiger partial charge >= 0.3 is 0 Å². The molecule has 0 aliphatic rings. The van der Waals surface area contributed by atoms with Gasteiger partial charge in [0.15, 0.2) is 11.5 Å². The molecule has 20 heavy (non-hydrogen) atoms. The Morgan fingerprint density at radius 1 is 1.40 bits per heavy atom. The Labute approximate surface area is 134 Å². The number of hydrogen-bond donors (Lipinski definition) is 1. The smallest absolute Gasteiger partial charge is 0.175 e. The molecule has 3 nitrogen and oxygen atoms in total. The largest absolute Gasteiger partial charge is 0.490 e. The molecule has 0 radical (unpaired) electrons. The third-order valence-electron chi connectivity index (χ3n) is 2.46. The van der Waals surface area contributed by atoms with Crippen LogP contribution < -0.4 is 14.8 Å². The van der Waals surface area contributed by atoms with Crippen molar-refractivity contribution in [2.24, 2.45) is 0 Å². The average Bonchev–Trinajstić information content (AvgIpc) is 2.35. The maximum atomic E-state index is 5.74. The van der Waals surface area contributed by atoms with Crippen LogP contribution >= 0.6 is 27.5 Å². The summed E-state index contributed by atoms with van der Waals surface area (Å²) in [4.78, 5) is 0. The zero-order valence-corrected chi connectivity index (χ0v) is 14.5. The Kier molecular flexibility index (Phi) is 7.41. The molecule has 1 rings (SSSR count). The van der Waals surface area contributed by atoms with Gasteiger partial charge in [-0.3, -0.25) is 0 Å². The Balaban J connectivity index is 2.95. The number of halogens is 2. The molecule has 0 heterocycles. The summed E-state index contributed by atoms with van der Waals surface area (Å²) in [5.41, 5.74) is 1.13. The van der Waals surface area contributed by atoms with Gasteiger partial charge in [0.25, 0.3) is 0 Å². The van der Waals surface area contributed by atoms with Gasteiger partial charge in [-0.05, 0) is 40.5 Å². The van der Waals surface area contributed by atoms with Crippen LogP contribution in [0, 0.1) is 0 Å². The Morgan fingerprint density at radius 3 is 2.65 bits per heavy atom. The first-order valence-corrected chi connectivity index (χ1v) is 7.75. The van der Waals surface area contributed by atoms with Gasteiger partial charge in [0.1, 0.15) is 6.61 Å². The van der Waals surface area contributed by atoms with Crippen LogP contribution in [0.4, 0.5) is 0 Å². The maximum Gasteiger partial charge on any atom is 0.175 e. The molecular formula is C15H21BrClNO2. The Morgan fingerprint density at radius 2 is 2.10 bits per heavy atom. The fourth-order valence-electron chi connectivity index (χ4n) is 1.60. The Bertz CT molecular complexity index is 463. The van der Waals surface area contributed by atoms with Crippen molar-refractivity contribution < 1.29 is 9.47 Å². The predicted octanol–water partition coefficient (Wildman–Crippen LogP) is 4.48. The molecule has 0 saturated carbocycles. The van der Waals surface area contributed by atoms with Gasteiger partial charge in [0.2, 0.25) is 0 Å². The molecule has 0 fully saturated rings. The SMILES string of the molecule is C=C(Cl)COc1c(Br)cc(CNC(C)C)cc1OCC. The van der Waals surface area contributed by atoms with Gasteiger partial charge in [-0.1, -0.05) is 32.0 Å². The van der Waals surface area contributed by atoms with E-state index in [1.54, 1.807) is 0 Å². The van der Waals surface area contributed by atoms with E-state index in [4.69, 9.17) is 21.1 Å². The number of benzene rings is 1. The van der Waals surface area contributed by atoms with Crippen molar-refractivity contribution in [2.45, 2.75) is 33.4 Å².